The SMILES string of the molecule is CCCCc1c(Cl)c2c(c(CCCC)c1CCCC)Oc1c(CCCC)c(O)c(O)c(CCCC)c1O2. The summed E-state index contributed by atoms with van der Waals surface area (Å²) >= 11 is 7.15. The van der Waals surface area contributed by atoms with Crippen molar-refractivity contribution < 1.29 is 19.7 Å². The molecule has 0 atom stereocenters. The van der Waals surface area contributed by atoms with Gasteiger partial charge in [-0.15, -0.1) is 0 Å². The average molecular weight is 531 g/mol. The Morgan fingerprint density at radius 3 is 1.22 bits per heavy atom. The normalized spacial score (nSPS) is 12.2. The van der Waals surface area contributed by atoms with Crippen molar-refractivity contribution in [2.45, 2.75) is 131 Å². The quantitative estimate of drug-likeness (QED) is 0.192. The lowest BCUT2D eigenvalue weighted by molar-refractivity contribution is 0.331. The summed E-state index contributed by atoms with van der Waals surface area (Å²) in [6, 6.07) is 0. The molecule has 4 nitrogen and oxygen atoms in total. The van der Waals surface area contributed by atoms with Gasteiger partial charge < -0.3 is 19.7 Å². The molecule has 5 heteroatoms. The van der Waals surface area contributed by atoms with Gasteiger partial charge in [-0.3, -0.25) is 0 Å². The number of hydrogen-bond acceptors (Lipinski definition) is 4. The molecular weight excluding hydrogens is 484 g/mol. The van der Waals surface area contributed by atoms with Crippen LogP contribution in [0.3, 0.4) is 0 Å². The van der Waals surface area contributed by atoms with Crippen LogP contribution < -0.4 is 9.47 Å². The highest BCUT2D eigenvalue weighted by atomic mass is 35.5. The highest BCUT2D eigenvalue weighted by Crippen LogP contribution is 2.59. The lowest BCUT2D eigenvalue weighted by Crippen LogP contribution is -2.12. The predicted octanol–water partition coefficient (Wildman–Crippen LogP) is 10.4. The Bertz CT molecular complexity index is 1060. The molecule has 2 aromatic carbocycles. The van der Waals surface area contributed by atoms with Crippen LogP contribution in [0.25, 0.3) is 0 Å². The van der Waals surface area contributed by atoms with Crippen LogP contribution in [0.15, 0.2) is 0 Å². The van der Waals surface area contributed by atoms with Crippen molar-refractivity contribution in [3.63, 3.8) is 0 Å². The van der Waals surface area contributed by atoms with Crippen molar-refractivity contribution in [1.29, 1.82) is 0 Å². The van der Waals surface area contributed by atoms with Crippen LogP contribution in [0.5, 0.6) is 34.5 Å². The fourth-order valence-corrected chi connectivity index (χ4v) is 5.61. The predicted molar refractivity (Wildman–Crippen MR) is 154 cm³/mol. The van der Waals surface area contributed by atoms with E-state index in [1.165, 1.54) is 16.7 Å². The number of rotatable bonds is 15. The first-order valence-electron chi connectivity index (χ1n) is 14.8. The van der Waals surface area contributed by atoms with Gasteiger partial charge in [-0.25, -0.2) is 0 Å². The Morgan fingerprint density at radius 1 is 0.459 bits per heavy atom. The van der Waals surface area contributed by atoms with Gasteiger partial charge >= 0.3 is 0 Å². The first-order chi connectivity index (χ1) is 17.9. The lowest BCUT2D eigenvalue weighted by Gasteiger charge is -2.31. The van der Waals surface area contributed by atoms with E-state index in [2.05, 4.69) is 34.6 Å². The van der Waals surface area contributed by atoms with Crippen LogP contribution in [0.4, 0.5) is 0 Å². The van der Waals surface area contributed by atoms with Crippen molar-refractivity contribution in [3.8, 4) is 34.5 Å². The monoisotopic (exact) mass is 530 g/mol. The average Bonchev–Trinajstić information content (AvgIpc) is 2.90. The van der Waals surface area contributed by atoms with Gasteiger partial charge in [-0.1, -0.05) is 78.3 Å². The summed E-state index contributed by atoms with van der Waals surface area (Å²) in [5, 5.41) is 22.8. The zero-order valence-electron chi connectivity index (χ0n) is 23.7. The number of unbranched alkanes of at least 4 members (excludes halogenated alkanes) is 5. The van der Waals surface area contributed by atoms with Crippen LogP contribution in [0.2, 0.25) is 5.02 Å². The summed E-state index contributed by atoms with van der Waals surface area (Å²) in [4.78, 5) is 0. The minimum absolute atomic E-state index is 0.0719. The number of halogens is 1. The zero-order chi connectivity index (χ0) is 26.9. The first kappa shape index (κ1) is 29.5. The number of hydrogen-bond donors (Lipinski definition) is 2. The van der Waals surface area contributed by atoms with E-state index in [0.29, 0.717) is 52.0 Å². The van der Waals surface area contributed by atoms with Crippen LogP contribution in [-0.4, -0.2) is 10.2 Å². The highest BCUT2D eigenvalue weighted by Gasteiger charge is 2.35. The smallest absolute Gasteiger partial charge is 0.189 e. The Kier molecular flexibility index (Phi) is 11.3. The van der Waals surface area contributed by atoms with E-state index in [4.69, 9.17) is 21.1 Å². The van der Waals surface area contributed by atoms with E-state index >= 15 is 0 Å². The fourth-order valence-electron chi connectivity index (χ4n) is 5.28. The van der Waals surface area contributed by atoms with Gasteiger partial charge in [0.1, 0.15) is 0 Å². The number of fused-ring (bicyclic) bond motifs is 2. The van der Waals surface area contributed by atoms with Crippen molar-refractivity contribution in [2.75, 3.05) is 0 Å². The van der Waals surface area contributed by atoms with Crippen LogP contribution in [0.1, 0.15) is 127 Å². The van der Waals surface area contributed by atoms with Gasteiger partial charge in [0.05, 0.1) is 5.02 Å². The van der Waals surface area contributed by atoms with Crippen molar-refractivity contribution in [2.24, 2.45) is 0 Å². The molecule has 1 heterocycles. The zero-order valence-corrected chi connectivity index (χ0v) is 24.5. The van der Waals surface area contributed by atoms with Gasteiger partial charge in [0.15, 0.2) is 34.5 Å². The minimum Gasteiger partial charge on any atom is -0.504 e. The molecule has 0 radical (unpaired) electrons. The summed E-state index contributed by atoms with van der Waals surface area (Å²) in [7, 11) is 0. The van der Waals surface area contributed by atoms with Crippen LogP contribution in [-0.2, 0) is 32.1 Å². The summed E-state index contributed by atoms with van der Waals surface area (Å²) < 4.78 is 13.4. The van der Waals surface area contributed by atoms with E-state index in [1.54, 1.807) is 0 Å². The second-order valence-corrected chi connectivity index (χ2v) is 10.8. The number of aromatic hydroxyl groups is 2. The third kappa shape index (κ3) is 6.33. The topological polar surface area (TPSA) is 58.9 Å². The summed E-state index contributed by atoms with van der Waals surface area (Å²) in [5.74, 6) is 2.21. The first-order valence-corrected chi connectivity index (χ1v) is 15.1. The van der Waals surface area contributed by atoms with Crippen molar-refractivity contribution in [1.82, 2.24) is 0 Å². The molecule has 0 spiro atoms. The van der Waals surface area contributed by atoms with E-state index in [1.807, 2.05) is 0 Å². The molecule has 0 unspecified atom stereocenters. The number of benzene rings is 2. The lowest BCUT2D eigenvalue weighted by atomic mass is 9.89. The summed E-state index contributed by atoms with van der Waals surface area (Å²) in [6.45, 7) is 10.9. The van der Waals surface area contributed by atoms with Gasteiger partial charge in [0.2, 0.25) is 0 Å². The molecule has 206 valence electrons. The molecule has 2 N–H and O–H groups in total. The van der Waals surface area contributed by atoms with Crippen molar-refractivity contribution >= 4 is 11.6 Å². The molecule has 1 aliphatic rings. The standard InChI is InChI=1S/C32H47ClO4/c1-6-11-16-21-22(17-12-7-2)26(33)32-29(23(21)18-13-8-3)36-30-24(19-14-9-4)27(34)28(35)25(20-15-10-5)31(30)37-32/h34-35H,6-20H2,1-5H3. The Morgan fingerprint density at radius 2 is 0.784 bits per heavy atom. The molecule has 37 heavy (non-hydrogen) atoms. The second kappa shape index (κ2) is 14.2. The summed E-state index contributed by atoms with van der Waals surface area (Å²) in [5.41, 5.74) is 4.96. The van der Waals surface area contributed by atoms with E-state index in [-0.39, 0.29) is 11.5 Å². The van der Waals surface area contributed by atoms with Crippen molar-refractivity contribution in [3.05, 3.63) is 32.8 Å². The number of phenols is 2. The fraction of sp³-hybridized carbons (Fsp3) is 0.625. The molecule has 1 aliphatic heterocycles. The molecule has 0 saturated heterocycles. The maximum atomic E-state index is 11.1. The molecule has 0 bridgehead atoms. The van der Waals surface area contributed by atoms with E-state index in [9.17, 15) is 10.2 Å². The largest absolute Gasteiger partial charge is 0.504 e. The third-order valence-electron chi connectivity index (χ3n) is 7.53. The molecular formula is C32H47ClO4. The Balaban J connectivity index is 2.28. The third-order valence-corrected chi connectivity index (χ3v) is 7.93. The minimum atomic E-state index is -0.0848. The maximum absolute atomic E-state index is 11.1. The van der Waals surface area contributed by atoms with Crippen LogP contribution in [0, 0.1) is 0 Å². The van der Waals surface area contributed by atoms with E-state index < -0.39 is 0 Å². The Labute approximate surface area is 229 Å². The number of phenolic OH excluding ortho intramolecular Hbond substituents is 2. The molecule has 0 aromatic heterocycles. The van der Waals surface area contributed by atoms with Gasteiger partial charge in [0.25, 0.3) is 0 Å². The molecule has 0 fully saturated rings. The Hall–Kier alpha value is -2.07. The summed E-state index contributed by atoms with van der Waals surface area (Å²) in [6.07, 6.45) is 14.2. The molecule has 0 saturated carbocycles. The van der Waals surface area contributed by atoms with Gasteiger partial charge in [-0.05, 0) is 75.3 Å². The van der Waals surface area contributed by atoms with E-state index in [0.717, 1.165) is 83.5 Å². The highest BCUT2D eigenvalue weighted by molar-refractivity contribution is 6.33. The molecule has 0 amide bonds. The maximum Gasteiger partial charge on any atom is 0.189 e. The van der Waals surface area contributed by atoms with Crippen LogP contribution >= 0.6 is 11.6 Å². The van der Waals surface area contributed by atoms with Gasteiger partial charge in [-0.2, -0.15) is 0 Å². The number of ether oxygens (including phenoxy) is 2. The molecule has 2 aromatic rings. The molecule has 3 rings (SSSR count). The van der Waals surface area contributed by atoms with Gasteiger partial charge in [0, 0.05) is 16.7 Å². The molecule has 0 aliphatic carbocycles. The second-order valence-electron chi connectivity index (χ2n) is 10.4.